The zero-order valence-electron chi connectivity index (χ0n) is 74.2. The molecular formula is C93H107N25O11. The summed E-state index contributed by atoms with van der Waals surface area (Å²) < 4.78 is 72.5. The number of hydrogen-bond donors (Lipinski definition) is 5. The van der Waals surface area contributed by atoms with Gasteiger partial charge in [0, 0.05) is 16.7 Å². The van der Waals surface area contributed by atoms with Gasteiger partial charge >= 0.3 is 30.1 Å². The molecule has 129 heavy (non-hydrogen) atoms. The lowest BCUT2D eigenvalue weighted by Gasteiger charge is -2.15. The fourth-order valence-corrected chi connectivity index (χ4v) is 15.8. The molecule has 20 rings (SSSR count). The zero-order chi connectivity index (χ0) is 89.8. The maximum atomic E-state index is 6.10. The van der Waals surface area contributed by atoms with Crippen LogP contribution in [0.5, 0.6) is 64.5 Å². The first-order chi connectivity index (χ1) is 62.7. The van der Waals surface area contributed by atoms with Gasteiger partial charge in [0.2, 0.25) is 0 Å². The molecule has 0 aliphatic carbocycles. The van der Waals surface area contributed by atoms with Crippen LogP contribution in [0.15, 0.2) is 121 Å². The van der Waals surface area contributed by atoms with E-state index in [0.29, 0.717) is 182 Å². The van der Waals surface area contributed by atoms with Crippen molar-refractivity contribution in [2.24, 2.45) is 5.92 Å². The highest BCUT2D eigenvalue weighted by Gasteiger charge is 2.25. The molecule has 0 fully saturated rings. The molecule has 5 aliphatic rings. The monoisotopic (exact) mass is 1750 g/mol. The van der Waals surface area contributed by atoms with Crippen molar-refractivity contribution in [3.8, 4) is 64.5 Å². The van der Waals surface area contributed by atoms with Crippen molar-refractivity contribution >= 4 is 84.9 Å². The van der Waals surface area contributed by atoms with Crippen molar-refractivity contribution in [1.29, 1.82) is 0 Å². The minimum Gasteiger partial charge on any atom is -0.496 e. The van der Waals surface area contributed by atoms with E-state index in [4.69, 9.17) is 80.8 Å². The van der Waals surface area contributed by atoms with Crippen LogP contribution in [-0.4, -0.2) is 172 Å². The van der Waals surface area contributed by atoms with E-state index in [2.05, 4.69) is 155 Å². The number of aromatic nitrogens is 20. The summed E-state index contributed by atoms with van der Waals surface area (Å²) >= 11 is 0. The first-order valence-corrected chi connectivity index (χ1v) is 43.2. The van der Waals surface area contributed by atoms with Gasteiger partial charge in [-0.2, -0.15) is 49.8 Å². The van der Waals surface area contributed by atoms with Gasteiger partial charge in [0.1, 0.15) is 63.6 Å². The van der Waals surface area contributed by atoms with E-state index in [1.54, 1.807) is 28.4 Å². The van der Waals surface area contributed by atoms with Crippen LogP contribution in [0.4, 0.5) is 29.1 Å². The molecule has 5 aromatic carbocycles. The quantitative estimate of drug-likeness (QED) is 0.102. The van der Waals surface area contributed by atoms with Crippen molar-refractivity contribution < 1.29 is 52.1 Å². The molecule has 5 aliphatic heterocycles. The van der Waals surface area contributed by atoms with Crippen LogP contribution in [0.3, 0.4) is 0 Å². The predicted molar refractivity (Wildman–Crippen MR) is 490 cm³/mol. The number of imidazole rings is 5. The molecule has 10 N–H and O–H groups in total. The average molecular weight is 1750 g/mol. The van der Waals surface area contributed by atoms with Crippen LogP contribution in [0.2, 0.25) is 0 Å². The third-order valence-electron chi connectivity index (χ3n) is 22.6. The second-order valence-electron chi connectivity index (χ2n) is 31.8. The van der Waals surface area contributed by atoms with E-state index >= 15 is 0 Å². The lowest BCUT2D eigenvalue weighted by atomic mass is 10.0. The molecular weight excluding hydrogens is 1640 g/mol. The summed E-state index contributed by atoms with van der Waals surface area (Å²) in [5.74, 6) is 11.2. The van der Waals surface area contributed by atoms with Crippen molar-refractivity contribution in [3.05, 3.63) is 195 Å². The fourth-order valence-electron chi connectivity index (χ4n) is 15.8. The normalized spacial score (nSPS) is 15.6. The molecule has 0 amide bonds. The molecule has 0 spiro atoms. The van der Waals surface area contributed by atoms with Gasteiger partial charge < -0.3 is 104 Å². The molecule has 0 saturated heterocycles. The summed E-state index contributed by atoms with van der Waals surface area (Å²) in [6.07, 6.45) is 18.5. The Bertz CT molecular complexity index is 6480. The lowest BCUT2D eigenvalue weighted by Crippen LogP contribution is -2.15. The van der Waals surface area contributed by atoms with Crippen LogP contribution in [0.1, 0.15) is 132 Å². The summed E-state index contributed by atoms with van der Waals surface area (Å²) in [5, 5.41) is 0. The van der Waals surface area contributed by atoms with Crippen molar-refractivity contribution in [3.63, 3.8) is 0 Å². The molecule has 1 atom stereocenters. The molecule has 36 heteroatoms. The maximum absolute atomic E-state index is 6.10. The Balaban J connectivity index is 0.000000118. The van der Waals surface area contributed by atoms with E-state index in [-0.39, 0.29) is 18.0 Å². The number of ether oxygens (including phenoxy) is 11. The first-order valence-electron chi connectivity index (χ1n) is 43.2. The highest BCUT2D eigenvalue weighted by atomic mass is 16.5. The predicted octanol–water partition coefficient (Wildman–Crippen LogP) is 13.1. The van der Waals surface area contributed by atoms with Crippen LogP contribution in [0.25, 0.3) is 55.8 Å². The van der Waals surface area contributed by atoms with Gasteiger partial charge in [-0.25, -0.2) is 24.9 Å². The number of aryl methyl sites for hydroxylation is 6. The number of rotatable bonds is 4. The van der Waals surface area contributed by atoms with Crippen LogP contribution < -0.4 is 80.8 Å². The molecule has 36 nitrogen and oxygen atoms in total. The van der Waals surface area contributed by atoms with E-state index in [1.165, 1.54) is 11.1 Å². The van der Waals surface area contributed by atoms with E-state index in [0.717, 1.165) is 168 Å². The van der Waals surface area contributed by atoms with Crippen molar-refractivity contribution in [1.82, 2.24) is 97.6 Å². The number of benzene rings is 5. The Labute approximate surface area is 744 Å². The van der Waals surface area contributed by atoms with Crippen LogP contribution >= 0.6 is 0 Å². The maximum Gasteiger partial charge on any atom is 0.320 e. The number of nitrogen functional groups attached to an aromatic ring is 5. The number of nitrogens with two attached hydrogens (primary N) is 5. The number of hydrogen-bond acceptors (Lipinski definition) is 31. The van der Waals surface area contributed by atoms with Gasteiger partial charge in [0.15, 0.2) is 84.9 Å². The highest BCUT2D eigenvalue weighted by molar-refractivity contribution is 5.86. The summed E-state index contributed by atoms with van der Waals surface area (Å²) in [4.78, 5) is 66.6. The summed E-state index contributed by atoms with van der Waals surface area (Å²) in [5.41, 5.74) is 45.9. The number of nitrogens with zero attached hydrogens (tertiary/aromatic N) is 20. The lowest BCUT2D eigenvalue weighted by molar-refractivity contribution is 0.207. The van der Waals surface area contributed by atoms with Crippen molar-refractivity contribution in [2.75, 3.05) is 103 Å². The first kappa shape index (κ1) is 87.6. The van der Waals surface area contributed by atoms with Crippen LogP contribution in [0, 0.1) is 40.5 Å². The zero-order valence-corrected chi connectivity index (χ0v) is 74.2. The Morgan fingerprint density at radius 1 is 0.310 bits per heavy atom. The largest absolute Gasteiger partial charge is 0.496 e. The molecule has 0 saturated carbocycles. The Hall–Kier alpha value is -14.9. The van der Waals surface area contributed by atoms with Crippen molar-refractivity contribution in [2.45, 2.75) is 145 Å². The third kappa shape index (κ3) is 20.3. The topological polar surface area (TPSA) is 450 Å². The van der Waals surface area contributed by atoms with Gasteiger partial charge in [-0.05, 0) is 194 Å². The number of anilines is 5. The average Bonchev–Trinajstić information content (AvgIpc) is 1.65. The molecule has 0 radical (unpaired) electrons. The second-order valence-corrected chi connectivity index (χ2v) is 31.8. The SMILES string of the molecule is COc1ccc2cc1C/C=C/CCOc1nc(N)c3nc(C)n(c3n1)C2.COc1ccc2cc1Cn1c(C)nc3c(N)nc(nc31)OCC/C=C\C2.COc1ccc2cc1Cn1c(C)nc3c(N)nc(nc31)OCCCCC2.COc1ccc2cc1Cn1c(C)nc3c(N)nc(nc31)OCCCCO2.Cc1nc2c(N)nc3nc2n1Cc1cccc(c1)OCCC(C)CO3. The molecule has 10 aromatic heterocycles. The molecule has 20 bridgehead atoms. The molecule has 1 unspecified atom stereocenters. The third-order valence-corrected chi connectivity index (χ3v) is 22.6. The van der Waals surface area contributed by atoms with E-state index in [1.807, 2.05) is 106 Å². The fraction of sp³-hybridized carbons (Fsp3) is 0.366. The Kier molecular flexibility index (Phi) is 27.0. The summed E-state index contributed by atoms with van der Waals surface area (Å²) in [7, 11) is 6.73. The summed E-state index contributed by atoms with van der Waals surface area (Å²) in [6.45, 7) is 18.6. The van der Waals surface area contributed by atoms with Gasteiger partial charge in [-0.15, -0.1) is 0 Å². The molecule has 670 valence electrons. The van der Waals surface area contributed by atoms with Gasteiger partial charge in [-0.1, -0.05) is 73.7 Å². The molecule has 15 heterocycles. The Morgan fingerprint density at radius 2 is 0.667 bits per heavy atom. The smallest absolute Gasteiger partial charge is 0.320 e. The summed E-state index contributed by atoms with van der Waals surface area (Å²) in [6, 6.07) is 34.3. The minimum absolute atomic E-state index is 0.273. The Morgan fingerprint density at radius 3 is 1.14 bits per heavy atom. The second kappa shape index (κ2) is 39.8. The standard InChI is InChI=1S/C19H21N5O2.C19H23N5O2.C19H21N5O2.C18H21N5O3.C18H21N5O2/c1-12-21-16-17(20)22-19-23-18(16)24(12)11-13-7-8-15(25-2)14(10-13)6-4-3-5-9-26-19;2*1-12-21-16-17(20)22-19-23-18(16)24(12)11-14-10-13(7-8-15(14)25-2)6-4-3-5-9-26-19;1-11-20-15-16(19)21-18-22-17(15)23(11)10-12-9-13(5-6-14(12)24-2)25-7-3-4-8-26-18;1-11-6-7-24-14-5-3-4-13(8-14)9-23-12(2)20-15-16(19)21-18(25-10-11)22-17(15)23/h3-4,7-8,10H,5-6,9,11H2,1-2H3,(H2,20,22,23);7-8,10H,3-6,9,11H2,1-2H3,(H2,20,22,23);3-4,7-8,10H,5-6,9,11H2,1-2H3,(H2,20,22,23);5-6,9H,3-4,7-8,10H2,1-2H3,(H2,19,21,22);3-5,8,11H,6-7,9-10H2,1-2H3,(H2,19,21,22)/b4-3+;;4-3-;;. The van der Waals surface area contributed by atoms with E-state index in [9.17, 15) is 0 Å². The van der Waals surface area contributed by atoms with Gasteiger partial charge in [0.25, 0.3) is 0 Å². The van der Waals surface area contributed by atoms with Gasteiger partial charge in [-0.3, -0.25) is 0 Å². The van der Waals surface area contributed by atoms with E-state index < -0.39 is 0 Å². The molecule has 15 aromatic rings. The number of methoxy groups -OCH3 is 4. The number of allylic oxidation sites excluding steroid dienone is 2. The van der Waals surface area contributed by atoms with Gasteiger partial charge in [0.05, 0.1) is 107 Å². The minimum atomic E-state index is 0.273. The van der Waals surface area contributed by atoms with Crippen LogP contribution in [-0.2, 0) is 52.0 Å². The number of fused-ring (bicyclic) bond motifs is 15. The highest BCUT2D eigenvalue weighted by Crippen LogP contribution is 2.35.